The summed E-state index contributed by atoms with van der Waals surface area (Å²) in [6.07, 6.45) is 9.05. The van der Waals surface area contributed by atoms with Gasteiger partial charge >= 0.3 is 0 Å². The summed E-state index contributed by atoms with van der Waals surface area (Å²) in [5.41, 5.74) is 2.78. The maximum atomic E-state index is 13.2. The summed E-state index contributed by atoms with van der Waals surface area (Å²) in [4.78, 5) is 19.9. The van der Waals surface area contributed by atoms with Crippen molar-refractivity contribution < 1.29 is 14.1 Å². The largest absolute Gasteiger partial charge is 0.493 e. The van der Waals surface area contributed by atoms with Gasteiger partial charge in [0, 0.05) is 43.0 Å². The SMILES string of the molecule is O=C(c1cc(-c2ccc3c(c2)CCO3)no1)N1CCCC(c2n[nH]c(C3CCCCC3)n2)C1. The summed E-state index contributed by atoms with van der Waals surface area (Å²) in [6.45, 7) is 2.03. The zero-order valence-corrected chi connectivity index (χ0v) is 18.8. The number of hydrogen-bond acceptors (Lipinski definition) is 6. The Hall–Kier alpha value is -3.16. The van der Waals surface area contributed by atoms with Crippen molar-refractivity contribution in [1.29, 1.82) is 0 Å². The molecule has 172 valence electrons. The number of aromatic amines is 1. The molecule has 1 aromatic carbocycles. The van der Waals surface area contributed by atoms with Crippen molar-refractivity contribution in [2.75, 3.05) is 19.7 Å². The van der Waals surface area contributed by atoms with Crippen LogP contribution < -0.4 is 4.74 Å². The third-order valence-electron chi connectivity index (χ3n) is 7.29. The zero-order valence-electron chi connectivity index (χ0n) is 18.8. The van der Waals surface area contributed by atoms with Gasteiger partial charge in [0.15, 0.2) is 5.82 Å². The van der Waals surface area contributed by atoms with Gasteiger partial charge in [0.05, 0.1) is 6.61 Å². The van der Waals surface area contributed by atoms with Crippen LogP contribution >= 0.6 is 0 Å². The second-order valence-corrected chi connectivity index (χ2v) is 9.50. The predicted octanol–water partition coefficient (Wildman–Crippen LogP) is 4.46. The molecule has 8 nitrogen and oxygen atoms in total. The Kier molecular flexibility index (Phi) is 5.36. The van der Waals surface area contributed by atoms with Crippen LogP contribution in [-0.2, 0) is 6.42 Å². The van der Waals surface area contributed by atoms with Gasteiger partial charge in [0.25, 0.3) is 5.91 Å². The first kappa shape index (κ1) is 20.4. The number of likely N-dealkylation sites (tertiary alicyclic amines) is 1. The first-order chi connectivity index (χ1) is 16.2. The van der Waals surface area contributed by atoms with Crippen molar-refractivity contribution in [3.05, 3.63) is 47.2 Å². The van der Waals surface area contributed by atoms with E-state index in [9.17, 15) is 4.79 Å². The Morgan fingerprint density at radius 3 is 2.85 bits per heavy atom. The minimum Gasteiger partial charge on any atom is -0.493 e. The molecule has 0 radical (unpaired) electrons. The molecular formula is C25H29N5O3. The number of benzene rings is 1. The van der Waals surface area contributed by atoms with Crippen LogP contribution in [0.3, 0.4) is 0 Å². The Bertz CT molecular complexity index is 1150. The summed E-state index contributed by atoms with van der Waals surface area (Å²) in [5, 5.41) is 11.9. The average molecular weight is 448 g/mol. The zero-order chi connectivity index (χ0) is 22.2. The lowest BCUT2D eigenvalue weighted by molar-refractivity contribution is 0.0662. The molecule has 0 spiro atoms. The minimum atomic E-state index is -0.119. The van der Waals surface area contributed by atoms with Crippen LogP contribution in [-0.4, -0.2) is 50.8 Å². The number of aromatic nitrogens is 4. The highest BCUT2D eigenvalue weighted by atomic mass is 16.5. The number of piperidine rings is 1. The molecule has 6 rings (SSSR count). The number of carbonyl (C=O) groups is 1. The lowest BCUT2D eigenvalue weighted by Crippen LogP contribution is -2.39. The number of H-pyrrole nitrogens is 1. The lowest BCUT2D eigenvalue weighted by Gasteiger charge is -2.30. The van der Waals surface area contributed by atoms with Gasteiger partial charge in [-0.1, -0.05) is 24.4 Å². The Morgan fingerprint density at radius 2 is 1.94 bits per heavy atom. The molecule has 2 aromatic heterocycles. The predicted molar refractivity (Wildman–Crippen MR) is 121 cm³/mol. The van der Waals surface area contributed by atoms with E-state index in [0.717, 1.165) is 42.2 Å². The first-order valence-electron chi connectivity index (χ1n) is 12.2. The van der Waals surface area contributed by atoms with Crippen LogP contribution in [0.2, 0.25) is 0 Å². The normalized spacial score (nSPS) is 21.1. The molecule has 1 amide bonds. The van der Waals surface area contributed by atoms with E-state index < -0.39 is 0 Å². The maximum absolute atomic E-state index is 13.2. The number of carbonyl (C=O) groups excluding carboxylic acids is 1. The molecule has 3 aliphatic rings. The summed E-state index contributed by atoms with van der Waals surface area (Å²) in [7, 11) is 0. The molecule has 2 fully saturated rings. The topological polar surface area (TPSA) is 97.1 Å². The standard InChI is InChI=1S/C25H29N5O3/c31-25(22-14-20(29-33-22)17-8-9-21-18(13-17)10-12-32-21)30-11-4-7-19(15-30)24-26-23(27-28-24)16-5-2-1-3-6-16/h8-9,13-14,16,19H,1-7,10-12,15H2,(H,26,27,28). The number of ether oxygens (including phenoxy) is 1. The lowest BCUT2D eigenvalue weighted by atomic mass is 9.89. The smallest absolute Gasteiger partial charge is 0.292 e. The molecule has 1 saturated carbocycles. The van der Waals surface area contributed by atoms with Gasteiger partial charge in [-0.25, -0.2) is 4.98 Å². The Labute approximate surface area is 192 Å². The van der Waals surface area contributed by atoms with Crippen molar-refractivity contribution in [3.8, 4) is 17.0 Å². The second-order valence-electron chi connectivity index (χ2n) is 9.50. The van der Waals surface area contributed by atoms with Crippen molar-refractivity contribution in [1.82, 2.24) is 25.2 Å². The van der Waals surface area contributed by atoms with Gasteiger partial charge in [-0.3, -0.25) is 9.89 Å². The van der Waals surface area contributed by atoms with Crippen LogP contribution in [0, 0.1) is 0 Å². The van der Waals surface area contributed by atoms with Gasteiger partial charge in [-0.15, -0.1) is 0 Å². The monoisotopic (exact) mass is 447 g/mol. The fraction of sp³-hybridized carbons (Fsp3) is 0.520. The number of nitrogens with zero attached hydrogens (tertiary/aromatic N) is 4. The summed E-state index contributed by atoms with van der Waals surface area (Å²) < 4.78 is 11.0. The van der Waals surface area contributed by atoms with Gasteiger partial charge in [-0.2, -0.15) is 5.10 Å². The number of rotatable bonds is 4. The summed E-state index contributed by atoms with van der Waals surface area (Å²) in [5.74, 6) is 3.59. The van der Waals surface area contributed by atoms with Crippen LogP contribution in [0.4, 0.5) is 0 Å². The van der Waals surface area contributed by atoms with Crippen molar-refractivity contribution in [2.24, 2.45) is 0 Å². The summed E-state index contributed by atoms with van der Waals surface area (Å²) >= 11 is 0. The van der Waals surface area contributed by atoms with Gasteiger partial charge < -0.3 is 14.2 Å². The maximum Gasteiger partial charge on any atom is 0.292 e. The van der Waals surface area contributed by atoms with E-state index in [0.29, 0.717) is 31.3 Å². The Balaban J connectivity index is 1.14. The Morgan fingerprint density at radius 1 is 1.06 bits per heavy atom. The average Bonchev–Trinajstić information content (AvgIpc) is 3.64. The van der Waals surface area contributed by atoms with E-state index in [4.69, 9.17) is 14.2 Å². The van der Waals surface area contributed by atoms with Crippen LogP contribution in [0.25, 0.3) is 11.3 Å². The number of nitrogens with one attached hydrogen (secondary N) is 1. The molecule has 2 aliphatic heterocycles. The molecule has 3 aromatic rings. The summed E-state index contributed by atoms with van der Waals surface area (Å²) in [6, 6.07) is 7.73. The molecule has 1 atom stereocenters. The van der Waals surface area contributed by atoms with Crippen LogP contribution in [0.1, 0.15) is 84.5 Å². The highest BCUT2D eigenvalue weighted by molar-refractivity contribution is 5.92. The van der Waals surface area contributed by atoms with E-state index in [1.807, 2.05) is 17.0 Å². The molecule has 0 bridgehead atoms. The molecular weight excluding hydrogens is 418 g/mol. The first-order valence-corrected chi connectivity index (χ1v) is 12.2. The van der Waals surface area contributed by atoms with Crippen molar-refractivity contribution in [2.45, 2.75) is 63.2 Å². The molecule has 1 aliphatic carbocycles. The second kappa shape index (κ2) is 8.65. The highest BCUT2D eigenvalue weighted by Crippen LogP contribution is 2.33. The molecule has 8 heteroatoms. The highest BCUT2D eigenvalue weighted by Gasteiger charge is 2.31. The van der Waals surface area contributed by atoms with E-state index in [2.05, 4.69) is 21.4 Å². The van der Waals surface area contributed by atoms with Gasteiger partial charge in [0.2, 0.25) is 5.76 Å². The molecule has 1 unspecified atom stereocenters. The minimum absolute atomic E-state index is 0.119. The van der Waals surface area contributed by atoms with Crippen LogP contribution in [0.15, 0.2) is 28.8 Å². The van der Waals surface area contributed by atoms with E-state index in [1.165, 1.54) is 37.7 Å². The van der Waals surface area contributed by atoms with Crippen molar-refractivity contribution in [3.63, 3.8) is 0 Å². The number of fused-ring (bicyclic) bond motifs is 1. The van der Waals surface area contributed by atoms with Gasteiger partial charge in [0.1, 0.15) is 17.3 Å². The van der Waals surface area contributed by atoms with Crippen LogP contribution in [0.5, 0.6) is 5.75 Å². The molecule has 1 saturated heterocycles. The number of hydrogen-bond donors (Lipinski definition) is 1. The van der Waals surface area contributed by atoms with E-state index >= 15 is 0 Å². The van der Waals surface area contributed by atoms with Crippen molar-refractivity contribution >= 4 is 5.91 Å². The molecule has 1 N–H and O–H groups in total. The molecule has 4 heterocycles. The molecule has 33 heavy (non-hydrogen) atoms. The fourth-order valence-corrected chi connectivity index (χ4v) is 5.42. The van der Waals surface area contributed by atoms with Gasteiger partial charge in [-0.05, 0) is 49.4 Å². The third kappa shape index (κ3) is 4.03. The quantitative estimate of drug-likeness (QED) is 0.634. The fourth-order valence-electron chi connectivity index (χ4n) is 5.42. The van der Waals surface area contributed by atoms with E-state index in [-0.39, 0.29) is 17.6 Å². The van der Waals surface area contributed by atoms with E-state index in [1.54, 1.807) is 6.07 Å². The number of amides is 1. The third-order valence-corrected chi connectivity index (χ3v) is 7.29.